The largest absolute Gasteiger partial charge is 1.00 e. The maximum absolute atomic E-state index is 9.66. The van der Waals surface area contributed by atoms with E-state index in [-0.39, 0.29) is 26.2 Å². The summed E-state index contributed by atoms with van der Waals surface area (Å²) in [5.74, 6) is -5.29. The molecular weight excluding hydrogens is 219 g/mol. The summed E-state index contributed by atoms with van der Waals surface area (Å²) >= 11 is 0. The van der Waals surface area contributed by atoms with Crippen LogP contribution in [0.2, 0.25) is 0 Å². The molecule has 0 amide bonds. The van der Waals surface area contributed by atoms with Gasteiger partial charge in [0.15, 0.2) is 0 Å². The summed E-state index contributed by atoms with van der Waals surface area (Å²) in [6.45, 7) is 2.61. The van der Waals surface area contributed by atoms with Crippen LogP contribution >= 0.6 is 0 Å². The van der Waals surface area contributed by atoms with E-state index >= 15 is 0 Å². The van der Waals surface area contributed by atoms with Crippen molar-refractivity contribution in [2.75, 3.05) is 0 Å². The minimum absolute atomic E-state index is 0. The molecule has 10 heavy (non-hydrogen) atoms. The molecule has 3 N–H and O–H groups in total. The van der Waals surface area contributed by atoms with Crippen molar-refractivity contribution in [1.29, 1.82) is 0 Å². The third-order valence-electron chi connectivity index (χ3n) is 0.651. The molecule has 0 aromatic heterocycles. The molecule has 1 radical (unpaired) electrons. The number of carboxylic acids is 1. The molecule has 0 aliphatic rings. The molecule has 0 saturated carbocycles. The standard InChI is InChI=1S/C4H6O5.Zr/c1-2(3(5)6)4(7,8)9;/h7-9H,1H2,(H,5,6);/q;+1/p-1. The minimum Gasteiger partial charge on any atom is -0.545 e. The maximum atomic E-state index is 9.66. The fourth-order valence-corrected chi connectivity index (χ4v) is 0.137. The smallest absolute Gasteiger partial charge is 0.545 e. The van der Waals surface area contributed by atoms with E-state index in [1.54, 1.807) is 0 Å². The van der Waals surface area contributed by atoms with Gasteiger partial charge >= 0.3 is 32.2 Å². The van der Waals surface area contributed by atoms with Crippen molar-refractivity contribution < 1.29 is 51.4 Å². The van der Waals surface area contributed by atoms with Crippen molar-refractivity contribution in [2.45, 2.75) is 5.97 Å². The second-order valence-electron chi connectivity index (χ2n) is 1.40. The van der Waals surface area contributed by atoms with Crippen molar-refractivity contribution in [3.8, 4) is 0 Å². The van der Waals surface area contributed by atoms with Gasteiger partial charge in [0.25, 0.3) is 0 Å². The van der Waals surface area contributed by atoms with E-state index in [0.717, 1.165) is 0 Å². The van der Waals surface area contributed by atoms with Crippen LogP contribution in [0.4, 0.5) is 0 Å². The van der Waals surface area contributed by atoms with E-state index in [4.69, 9.17) is 15.3 Å². The Balaban J connectivity index is 0. The van der Waals surface area contributed by atoms with Crippen molar-refractivity contribution in [3.05, 3.63) is 12.2 Å². The van der Waals surface area contributed by atoms with E-state index in [9.17, 15) is 9.90 Å². The first kappa shape index (κ1) is 12.6. The first-order valence-corrected chi connectivity index (χ1v) is 1.93. The first-order chi connectivity index (χ1) is 3.85. The molecule has 0 bridgehead atoms. The van der Waals surface area contributed by atoms with Crippen molar-refractivity contribution >= 4 is 5.97 Å². The van der Waals surface area contributed by atoms with E-state index in [1.165, 1.54) is 0 Å². The second-order valence-corrected chi connectivity index (χ2v) is 1.40. The molecule has 0 aromatic rings. The molecule has 0 saturated heterocycles. The Morgan fingerprint density at radius 1 is 1.40 bits per heavy atom. The number of hydrogen-bond acceptors (Lipinski definition) is 5. The molecule has 5 nitrogen and oxygen atoms in total. The molecule has 0 fully saturated rings. The number of rotatable bonds is 2. The van der Waals surface area contributed by atoms with Crippen LogP contribution in [0.5, 0.6) is 0 Å². The van der Waals surface area contributed by atoms with E-state index in [1.807, 2.05) is 0 Å². The molecule has 0 aromatic carbocycles. The molecule has 55 valence electrons. The Labute approximate surface area is 75.7 Å². The number of aliphatic hydroxyl groups is 3. The average molecular weight is 224 g/mol. The van der Waals surface area contributed by atoms with E-state index in [2.05, 4.69) is 6.58 Å². The molecule has 6 heteroatoms. The third-order valence-corrected chi connectivity index (χ3v) is 0.651. The van der Waals surface area contributed by atoms with Gasteiger partial charge in [-0.05, 0) is 0 Å². The Bertz CT molecular complexity index is 146. The maximum Gasteiger partial charge on any atom is 1.00 e. The molecule has 0 heterocycles. The van der Waals surface area contributed by atoms with Crippen LogP contribution < -0.4 is 5.11 Å². The van der Waals surface area contributed by atoms with Gasteiger partial charge < -0.3 is 25.2 Å². The van der Waals surface area contributed by atoms with Crippen LogP contribution in [0.15, 0.2) is 12.2 Å². The molecule has 0 aliphatic carbocycles. The van der Waals surface area contributed by atoms with Crippen LogP contribution in [0.3, 0.4) is 0 Å². The van der Waals surface area contributed by atoms with Crippen LogP contribution in [-0.4, -0.2) is 27.3 Å². The van der Waals surface area contributed by atoms with E-state index < -0.39 is 17.5 Å². The normalized spacial score (nSPS) is 9.90. The number of carbonyl (C=O) groups excluding carboxylic acids is 1. The molecule has 0 aliphatic heterocycles. The number of hydrogen-bond donors (Lipinski definition) is 3. The van der Waals surface area contributed by atoms with Gasteiger partial charge in [0.2, 0.25) is 0 Å². The minimum atomic E-state index is -3.38. The molecule has 0 spiro atoms. The van der Waals surface area contributed by atoms with Crippen LogP contribution in [0, 0.1) is 0 Å². The van der Waals surface area contributed by atoms with Crippen molar-refractivity contribution in [1.82, 2.24) is 0 Å². The predicted molar refractivity (Wildman–Crippen MR) is 23.5 cm³/mol. The first-order valence-electron chi connectivity index (χ1n) is 1.93. The van der Waals surface area contributed by atoms with Gasteiger partial charge in [-0.3, -0.25) is 0 Å². The summed E-state index contributed by atoms with van der Waals surface area (Å²) in [6.07, 6.45) is 0. The summed E-state index contributed by atoms with van der Waals surface area (Å²) in [7, 11) is 0. The Hall–Kier alpha value is -0.0269. The van der Waals surface area contributed by atoms with Crippen molar-refractivity contribution in [2.24, 2.45) is 0 Å². The predicted octanol–water partition coefficient (Wildman–Crippen LogP) is -3.08. The Morgan fingerprint density at radius 2 is 1.70 bits per heavy atom. The van der Waals surface area contributed by atoms with Crippen LogP contribution in [0.1, 0.15) is 0 Å². The average Bonchev–Trinajstić information content (AvgIpc) is 1.62. The zero-order valence-corrected chi connectivity index (χ0v) is 7.32. The van der Waals surface area contributed by atoms with Gasteiger partial charge in [-0.2, -0.15) is 0 Å². The van der Waals surface area contributed by atoms with Gasteiger partial charge in [-0.1, -0.05) is 6.58 Å². The Kier molecular flexibility index (Phi) is 5.03. The topological polar surface area (TPSA) is 101 Å². The SMILES string of the molecule is C=C(C(=O)[O-])C(O)(O)O.[Zr+]. The monoisotopic (exact) mass is 223 g/mol. The van der Waals surface area contributed by atoms with Gasteiger partial charge in [-0.15, -0.1) is 0 Å². The van der Waals surface area contributed by atoms with Gasteiger partial charge in [0.1, 0.15) is 0 Å². The van der Waals surface area contributed by atoms with Gasteiger partial charge in [-0.25, -0.2) is 0 Å². The summed E-state index contributed by atoms with van der Waals surface area (Å²) in [6, 6.07) is 0. The molecular formula is C4H5O5Zr. The summed E-state index contributed by atoms with van der Waals surface area (Å²) in [4.78, 5) is 9.66. The molecule has 0 rings (SSSR count). The molecule has 0 atom stereocenters. The fourth-order valence-electron chi connectivity index (χ4n) is 0.137. The second kappa shape index (κ2) is 3.98. The van der Waals surface area contributed by atoms with Gasteiger partial charge in [0, 0.05) is 0 Å². The number of aliphatic carboxylic acids is 1. The zero-order chi connectivity index (χ0) is 7.65. The fraction of sp³-hybridized carbons (Fsp3) is 0.250. The Morgan fingerprint density at radius 3 is 1.70 bits per heavy atom. The van der Waals surface area contributed by atoms with Crippen LogP contribution in [0.25, 0.3) is 0 Å². The molecule has 0 unspecified atom stereocenters. The summed E-state index contributed by atoms with van der Waals surface area (Å²) in [5, 5.41) is 33.8. The number of carboxylic acid groups (broad SMARTS) is 1. The third kappa shape index (κ3) is 3.90. The zero-order valence-electron chi connectivity index (χ0n) is 4.87. The quantitative estimate of drug-likeness (QED) is 0.341. The van der Waals surface area contributed by atoms with Crippen LogP contribution in [-0.2, 0) is 31.0 Å². The summed E-state index contributed by atoms with van der Waals surface area (Å²) in [5.41, 5.74) is -1.19. The number of carbonyl (C=O) groups is 1. The van der Waals surface area contributed by atoms with E-state index in [0.29, 0.717) is 0 Å². The van der Waals surface area contributed by atoms with Gasteiger partial charge in [0.05, 0.1) is 11.5 Å². The summed E-state index contributed by atoms with van der Waals surface area (Å²) < 4.78 is 0. The van der Waals surface area contributed by atoms with Crippen molar-refractivity contribution in [3.63, 3.8) is 0 Å².